The quantitative estimate of drug-likeness (QED) is 0.724. The van der Waals surface area contributed by atoms with Crippen molar-refractivity contribution in [3.63, 3.8) is 0 Å². The fourth-order valence-electron chi connectivity index (χ4n) is 2.50. The number of aliphatic hydroxyl groups excluding tert-OH is 1. The minimum absolute atomic E-state index is 0.141. The van der Waals surface area contributed by atoms with Gasteiger partial charge in [-0.25, -0.2) is 9.37 Å². The fourth-order valence-corrected chi connectivity index (χ4v) is 2.50. The third-order valence-electron chi connectivity index (χ3n) is 3.51. The smallest absolute Gasteiger partial charge is 0.135 e. The van der Waals surface area contributed by atoms with Crippen molar-refractivity contribution in [2.45, 2.75) is 19.6 Å². The van der Waals surface area contributed by atoms with Crippen LogP contribution in [0.1, 0.15) is 11.4 Å². The van der Waals surface area contributed by atoms with E-state index in [9.17, 15) is 9.50 Å². The summed E-state index contributed by atoms with van der Waals surface area (Å²) >= 11 is 0. The van der Waals surface area contributed by atoms with E-state index in [0.717, 1.165) is 16.6 Å². The first kappa shape index (κ1) is 13.6. The van der Waals surface area contributed by atoms with E-state index in [1.807, 2.05) is 22.8 Å². The molecule has 2 aromatic carbocycles. The van der Waals surface area contributed by atoms with Crippen LogP contribution in [0.2, 0.25) is 0 Å². The molecule has 5 heteroatoms. The van der Waals surface area contributed by atoms with Crippen molar-refractivity contribution in [2.24, 2.45) is 0 Å². The van der Waals surface area contributed by atoms with Gasteiger partial charge in [0.1, 0.15) is 18.2 Å². The van der Waals surface area contributed by atoms with Gasteiger partial charge in [-0.1, -0.05) is 12.1 Å². The van der Waals surface area contributed by atoms with E-state index < -0.39 is 0 Å². The first-order valence-electron chi connectivity index (χ1n) is 6.77. The molecule has 1 heterocycles. The first-order chi connectivity index (χ1) is 10.2. The van der Waals surface area contributed by atoms with Crippen molar-refractivity contribution in [2.75, 3.05) is 5.73 Å². The van der Waals surface area contributed by atoms with E-state index in [2.05, 4.69) is 4.98 Å². The molecule has 0 aliphatic heterocycles. The molecule has 0 aliphatic carbocycles. The summed E-state index contributed by atoms with van der Waals surface area (Å²) in [5, 5.41) is 9.46. The molecule has 3 N–H and O–H groups in total. The molecule has 108 valence electrons. The van der Waals surface area contributed by atoms with Crippen molar-refractivity contribution < 1.29 is 9.50 Å². The van der Waals surface area contributed by atoms with Crippen molar-refractivity contribution in [1.29, 1.82) is 0 Å². The molecule has 3 aromatic rings. The standard InChI is InChI=1S/C16H16FN3O/c17-12-3-1-2-11(8-12)6-7-20-15-5-4-13(18)9-14(15)19-16(20)10-21/h1-5,8-9,21H,6-7,10,18H2. The van der Waals surface area contributed by atoms with E-state index in [0.29, 0.717) is 24.5 Å². The number of anilines is 1. The molecule has 0 amide bonds. The number of hydrogen-bond donors (Lipinski definition) is 2. The molecule has 0 atom stereocenters. The summed E-state index contributed by atoms with van der Waals surface area (Å²) in [7, 11) is 0. The van der Waals surface area contributed by atoms with E-state index in [4.69, 9.17) is 5.73 Å². The molecule has 0 saturated carbocycles. The number of fused-ring (bicyclic) bond motifs is 1. The second-order valence-corrected chi connectivity index (χ2v) is 4.97. The van der Waals surface area contributed by atoms with Crippen LogP contribution in [0.15, 0.2) is 42.5 Å². The number of aromatic nitrogens is 2. The number of nitrogens with two attached hydrogens (primary N) is 1. The van der Waals surface area contributed by atoms with Crippen molar-refractivity contribution >= 4 is 16.7 Å². The number of hydrogen-bond acceptors (Lipinski definition) is 3. The third-order valence-corrected chi connectivity index (χ3v) is 3.51. The summed E-state index contributed by atoms with van der Waals surface area (Å²) < 4.78 is 15.1. The highest BCUT2D eigenvalue weighted by Crippen LogP contribution is 2.20. The van der Waals surface area contributed by atoms with Crippen LogP contribution < -0.4 is 5.73 Å². The molecule has 21 heavy (non-hydrogen) atoms. The lowest BCUT2D eigenvalue weighted by Gasteiger charge is -2.08. The highest BCUT2D eigenvalue weighted by molar-refractivity contribution is 5.79. The number of aliphatic hydroxyl groups is 1. The number of aryl methyl sites for hydroxylation is 2. The normalized spacial score (nSPS) is 11.1. The zero-order chi connectivity index (χ0) is 14.8. The molecular formula is C16H16FN3O. The van der Waals surface area contributed by atoms with Crippen molar-refractivity contribution in [1.82, 2.24) is 9.55 Å². The number of nitrogen functional groups attached to an aromatic ring is 1. The molecule has 0 aliphatic rings. The van der Waals surface area contributed by atoms with Gasteiger partial charge in [-0.2, -0.15) is 0 Å². The predicted molar refractivity (Wildman–Crippen MR) is 80.2 cm³/mol. The van der Waals surface area contributed by atoms with Crippen LogP contribution in [0.4, 0.5) is 10.1 Å². The lowest BCUT2D eigenvalue weighted by atomic mass is 10.1. The number of halogens is 1. The monoisotopic (exact) mass is 285 g/mol. The Labute approximate surface area is 121 Å². The lowest BCUT2D eigenvalue weighted by molar-refractivity contribution is 0.266. The molecular weight excluding hydrogens is 269 g/mol. The van der Waals surface area contributed by atoms with Crippen LogP contribution >= 0.6 is 0 Å². The number of rotatable bonds is 4. The fraction of sp³-hybridized carbons (Fsp3) is 0.188. The van der Waals surface area contributed by atoms with Gasteiger partial charge < -0.3 is 15.4 Å². The second kappa shape index (κ2) is 5.54. The average Bonchev–Trinajstić information content (AvgIpc) is 2.82. The first-order valence-corrected chi connectivity index (χ1v) is 6.77. The van der Waals surface area contributed by atoms with Gasteiger partial charge >= 0.3 is 0 Å². The molecule has 0 saturated heterocycles. The molecule has 0 bridgehead atoms. The Morgan fingerprint density at radius 2 is 2.05 bits per heavy atom. The van der Waals surface area contributed by atoms with Crippen LogP contribution in [0, 0.1) is 5.82 Å². The lowest BCUT2D eigenvalue weighted by Crippen LogP contribution is -2.06. The maximum absolute atomic E-state index is 13.2. The minimum Gasteiger partial charge on any atom is -0.399 e. The van der Waals surface area contributed by atoms with Gasteiger partial charge in [0.25, 0.3) is 0 Å². The predicted octanol–water partition coefficient (Wildman–Crippen LogP) is 2.49. The average molecular weight is 285 g/mol. The number of benzene rings is 2. The van der Waals surface area contributed by atoms with E-state index >= 15 is 0 Å². The van der Waals surface area contributed by atoms with Crippen LogP contribution in [0.5, 0.6) is 0 Å². The topological polar surface area (TPSA) is 64.1 Å². The number of nitrogens with zero attached hydrogens (tertiary/aromatic N) is 2. The Balaban J connectivity index is 1.92. The van der Waals surface area contributed by atoms with Crippen LogP contribution in [0.25, 0.3) is 11.0 Å². The molecule has 0 spiro atoms. The molecule has 4 nitrogen and oxygen atoms in total. The Kier molecular flexibility index (Phi) is 3.58. The van der Waals surface area contributed by atoms with Gasteiger partial charge in [0.15, 0.2) is 0 Å². The molecule has 0 radical (unpaired) electrons. The molecule has 0 fully saturated rings. The highest BCUT2D eigenvalue weighted by Gasteiger charge is 2.10. The van der Waals surface area contributed by atoms with E-state index in [1.54, 1.807) is 12.1 Å². The minimum atomic E-state index is -0.238. The zero-order valence-corrected chi connectivity index (χ0v) is 11.5. The highest BCUT2D eigenvalue weighted by atomic mass is 19.1. The van der Waals surface area contributed by atoms with Gasteiger partial charge in [-0.3, -0.25) is 0 Å². The van der Waals surface area contributed by atoms with Gasteiger partial charge in [0.2, 0.25) is 0 Å². The SMILES string of the molecule is Nc1ccc2c(c1)nc(CO)n2CCc1cccc(F)c1. The van der Waals surface area contributed by atoms with Gasteiger partial charge in [0.05, 0.1) is 11.0 Å². The zero-order valence-electron chi connectivity index (χ0n) is 11.5. The summed E-state index contributed by atoms with van der Waals surface area (Å²) in [6.45, 7) is 0.484. The largest absolute Gasteiger partial charge is 0.399 e. The summed E-state index contributed by atoms with van der Waals surface area (Å²) in [6.07, 6.45) is 0.667. The summed E-state index contributed by atoms with van der Waals surface area (Å²) in [6, 6.07) is 12.0. The number of imidazole rings is 1. The van der Waals surface area contributed by atoms with Crippen LogP contribution in [-0.4, -0.2) is 14.7 Å². The van der Waals surface area contributed by atoms with E-state index in [1.165, 1.54) is 12.1 Å². The van der Waals surface area contributed by atoms with E-state index in [-0.39, 0.29) is 12.4 Å². The molecule has 1 aromatic heterocycles. The summed E-state index contributed by atoms with van der Waals surface area (Å²) in [5.74, 6) is 0.352. The Hall–Kier alpha value is -2.40. The van der Waals surface area contributed by atoms with Crippen molar-refractivity contribution in [3.05, 3.63) is 59.7 Å². The Morgan fingerprint density at radius 3 is 2.81 bits per heavy atom. The van der Waals surface area contributed by atoms with Crippen LogP contribution in [0.3, 0.4) is 0 Å². The van der Waals surface area contributed by atoms with Crippen LogP contribution in [-0.2, 0) is 19.6 Å². The Morgan fingerprint density at radius 1 is 1.19 bits per heavy atom. The second-order valence-electron chi connectivity index (χ2n) is 4.97. The maximum Gasteiger partial charge on any atom is 0.135 e. The maximum atomic E-state index is 13.2. The van der Waals surface area contributed by atoms with Gasteiger partial charge in [-0.05, 0) is 42.3 Å². The molecule has 3 rings (SSSR count). The summed E-state index contributed by atoms with van der Waals surface area (Å²) in [4.78, 5) is 4.38. The Bertz CT molecular complexity index is 782. The van der Waals surface area contributed by atoms with Crippen molar-refractivity contribution in [3.8, 4) is 0 Å². The molecule has 0 unspecified atom stereocenters. The summed E-state index contributed by atoms with van der Waals surface area (Å²) in [5.41, 5.74) is 8.99. The van der Waals surface area contributed by atoms with Gasteiger partial charge in [0, 0.05) is 12.2 Å². The third kappa shape index (κ3) is 2.73. The van der Waals surface area contributed by atoms with Gasteiger partial charge in [-0.15, -0.1) is 0 Å².